The molecule has 2 heterocycles. The summed E-state index contributed by atoms with van der Waals surface area (Å²) in [5, 5.41) is 5.28. The fraction of sp³-hybridized carbons (Fsp3) is 0.0714. The van der Waals surface area contributed by atoms with E-state index in [0.29, 0.717) is 0 Å². The molecule has 0 fully saturated rings. The molecule has 0 spiro atoms. The van der Waals surface area contributed by atoms with E-state index in [1.807, 2.05) is 30.5 Å². The monoisotopic (exact) mass is 240 g/mol. The van der Waals surface area contributed by atoms with E-state index in [0.717, 1.165) is 22.0 Å². The van der Waals surface area contributed by atoms with E-state index in [9.17, 15) is 0 Å². The first-order valence-electron chi connectivity index (χ1n) is 5.47. The summed E-state index contributed by atoms with van der Waals surface area (Å²) in [5.74, 6) is 0. The third-order valence-electron chi connectivity index (χ3n) is 2.92. The van der Waals surface area contributed by atoms with Gasteiger partial charge in [-0.05, 0) is 40.1 Å². The van der Waals surface area contributed by atoms with E-state index in [2.05, 4.69) is 27.9 Å². The van der Waals surface area contributed by atoms with Crippen molar-refractivity contribution in [3.63, 3.8) is 0 Å². The predicted octanol–water partition coefficient (Wildman–Crippen LogP) is 3.34. The first-order chi connectivity index (χ1) is 8.36. The number of hydrogen-bond donors (Lipinski definition) is 1. The summed E-state index contributed by atoms with van der Waals surface area (Å²) in [6.45, 7) is 0. The van der Waals surface area contributed by atoms with Crippen molar-refractivity contribution in [2.24, 2.45) is 5.73 Å². The van der Waals surface area contributed by atoms with Gasteiger partial charge in [0.2, 0.25) is 0 Å². The van der Waals surface area contributed by atoms with Crippen LogP contribution in [-0.2, 0) is 0 Å². The quantitative estimate of drug-likeness (QED) is 0.746. The van der Waals surface area contributed by atoms with Crippen LogP contribution in [0, 0.1) is 0 Å². The van der Waals surface area contributed by atoms with Crippen LogP contribution in [0.3, 0.4) is 0 Å². The molecule has 0 unspecified atom stereocenters. The smallest absolute Gasteiger partial charge is 0.0705 e. The van der Waals surface area contributed by atoms with Gasteiger partial charge in [-0.15, -0.1) is 0 Å². The lowest BCUT2D eigenvalue weighted by Gasteiger charge is -2.12. The molecule has 0 amide bonds. The molecule has 2 nitrogen and oxygen atoms in total. The fourth-order valence-electron chi connectivity index (χ4n) is 2.02. The Morgan fingerprint density at radius 3 is 2.82 bits per heavy atom. The predicted molar refractivity (Wildman–Crippen MR) is 72.1 cm³/mol. The van der Waals surface area contributed by atoms with Crippen molar-refractivity contribution in [2.45, 2.75) is 6.04 Å². The molecule has 3 rings (SSSR count). The average Bonchev–Trinajstić information content (AvgIpc) is 2.91. The highest BCUT2D eigenvalue weighted by molar-refractivity contribution is 7.08. The highest BCUT2D eigenvalue weighted by Gasteiger charge is 2.12. The second-order valence-electron chi connectivity index (χ2n) is 3.95. The number of aromatic nitrogens is 1. The Labute approximate surface area is 104 Å². The maximum atomic E-state index is 6.31. The summed E-state index contributed by atoms with van der Waals surface area (Å²) in [6.07, 6.45) is 1.82. The number of nitrogens with two attached hydrogens (primary N) is 1. The maximum Gasteiger partial charge on any atom is 0.0705 e. The Bertz CT molecular complexity index is 626. The lowest BCUT2D eigenvalue weighted by molar-refractivity contribution is 0.884. The number of benzene rings is 1. The molecule has 1 atom stereocenters. The molecule has 3 aromatic rings. The zero-order valence-electron chi connectivity index (χ0n) is 9.21. The van der Waals surface area contributed by atoms with E-state index in [1.54, 1.807) is 11.3 Å². The van der Waals surface area contributed by atoms with Crippen molar-refractivity contribution in [1.29, 1.82) is 0 Å². The molecular formula is C14H12N2S. The molecule has 2 aromatic heterocycles. The van der Waals surface area contributed by atoms with Crippen molar-refractivity contribution >= 4 is 22.2 Å². The van der Waals surface area contributed by atoms with Gasteiger partial charge in [-0.25, -0.2) is 0 Å². The van der Waals surface area contributed by atoms with Crippen molar-refractivity contribution in [1.82, 2.24) is 4.98 Å². The minimum Gasteiger partial charge on any atom is -0.320 e. The Kier molecular flexibility index (Phi) is 2.63. The molecule has 0 saturated heterocycles. The van der Waals surface area contributed by atoms with E-state index >= 15 is 0 Å². The van der Waals surface area contributed by atoms with Crippen molar-refractivity contribution in [3.8, 4) is 0 Å². The maximum absolute atomic E-state index is 6.31. The summed E-state index contributed by atoms with van der Waals surface area (Å²) >= 11 is 1.67. The summed E-state index contributed by atoms with van der Waals surface area (Å²) in [6, 6.07) is 12.1. The molecule has 0 aliphatic heterocycles. The lowest BCUT2D eigenvalue weighted by Crippen LogP contribution is -2.11. The Balaban J connectivity index is 2.17. The van der Waals surface area contributed by atoms with Crippen LogP contribution in [0.2, 0.25) is 0 Å². The number of para-hydroxylation sites is 1. The highest BCUT2D eigenvalue weighted by Crippen LogP contribution is 2.27. The SMILES string of the molecule is N[C@@H](c1ccsc1)c1ccnc2ccccc12. The van der Waals surface area contributed by atoms with Gasteiger partial charge in [0.25, 0.3) is 0 Å². The van der Waals surface area contributed by atoms with Crippen LogP contribution in [0.5, 0.6) is 0 Å². The van der Waals surface area contributed by atoms with Gasteiger partial charge in [-0.1, -0.05) is 18.2 Å². The van der Waals surface area contributed by atoms with Gasteiger partial charge < -0.3 is 5.73 Å². The van der Waals surface area contributed by atoms with Crippen molar-refractivity contribution in [3.05, 3.63) is 64.5 Å². The van der Waals surface area contributed by atoms with Gasteiger partial charge in [-0.2, -0.15) is 11.3 Å². The van der Waals surface area contributed by atoms with E-state index in [-0.39, 0.29) is 6.04 Å². The summed E-state index contributed by atoms with van der Waals surface area (Å²) < 4.78 is 0. The van der Waals surface area contributed by atoms with Crippen LogP contribution in [0.4, 0.5) is 0 Å². The molecular weight excluding hydrogens is 228 g/mol. The van der Waals surface area contributed by atoms with Gasteiger partial charge in [0.05, 0.1) is 11.6 Å². The van der Waals surface area contributed by atoms with Gasteiger partial charge in [-0.3, -0.25) is 4.98 Å². The standard InChI is InChI=1S/C14H12N2S/c15-14(10-6-8-17-9-10)12-5-7-16-13-4-2-1-3-11(12)13/h1-9,14H,15H2/t14-/m0/s1. The summed E-state index contributed by atoms with van der Waals surface area (Å²) in [4.78, 5) is 4.35. The fourth-order valence-corrected chi connectivity index (χ4v) is 2.72. The molecule has 0 saturated carbocycles. The van der Waals surface area contributed by atoms with Crippen LogP contribution >= 0.6 is 11.3 Å². The van der Waals surface area contributed by atoms with Crippen molar-refractivity contribution in [2.75, 3.05) is 0 Å². The second-order valence-corrected chi connectivity index (χ2v) is 4.73. The number of rotatable bonds is 2. The average molecular weight is 240 g/mol. The third kappa shape index (κ3) is 1.84. The number of fused-ring (bicyclic) bond motifs is 1. The van der Waals surface area contributed by atoms with Gasteiger partial charge in [0.15, 0.2) is 0 Å². The lowest BCUT2D eigenvalue weighted by atomic mass is 9.99. The molecule has 17 heavy (non-hydrogen) atoms. The molecule has 0 aliphatic rings. The molecule has 0 aliphatic carbocycles. The van der Waals surface area contributed by atoms with Gasteiger partial charge in [0.1, 0.15) is 0 Å². The largest absolute Gasteiger partial charge is 0.320 e. The number of thiophene rings is 1. The molecule has 3 heteroatoms. The molecule has 84 valence electrons. The van der Waals surface area contributed by atoms with Crippen LogP contribution in [0.1, 0.15) is 17.2 Å². The van der Waals surface area contributed by atoms with Crippen LogP contribution in [0.15, 0.2) is 53.4 Å². The molecule has 0 radical (unpaired) electrons. The number of nitrogens with zero attached hydrogens (tertiary/aromatic N) is 1. The minimum atomic E-state index is -0.0749. The van der Waals surface area contributed by atoms with Crippen molar-refractivity contribution < 1.29 is 0 Å². The van der Waals surface area contributed by atoms with Crippen LogP contribution < -0.4 is 5.73 Å². The highest BCUT2D eigenvalue weighted by atomic mass is 32.1. The number of hydrogen-bond acceptors (Lipinski definition) is 3. The van der Waals surface area contributed by atoms with E-state index < -0.39 is 0 Å². The Morgan fingerprint density at radius 1 is 1.12 bits per heavy atom. The Hall–Kier alpha value is -1.71. The van der Waals surface area contributed by atoms with E-state index in [1.165, 1.54) is 0 Å². The molecule has 0 bridgehead atoms. The van der Waals surface area contributed by atoms with Crippen LogP contribution in [-0.4, -0.2) is 4.98 Å². The normalized spacial score (nSPS) is 12.8. The van der Waals surface area contributed by atoms with E-state index in [4.69, 9.17) is 5.73 Å². The molecule has 1 aromatic carbocycles. The Morgan fingerprint density at radius 2 is 2.00 bits per heavy atom. The molecule has 2 N–H and O–H groups in total. The van der Waals surface area contributed by atoms with Gasteiger partial charge >= 0.3 is 0 Å². The van der Waals surface area contributed by atoms with Crippen LogP contribution in [0.25, 0.3) is 10.9 Å². The number of pyridine rings is 1. The minimum absolute atomic E-state index is 0.0749. The summed E-state index contributed by atoms with van der Waals surface area (Å²) in [7, 11) is 0. The topological polar surface area (TPSA) is 38.9 Å². The third-order valence-corrected chi connectivity index (χ3v) is 3.62. The first-order valence-corrected chi connectivity index (χ1v) is 6.42. The van der Waals surface area contributed by atoms with Gasteiger partial charge in [0, 0.05) is 11.6 Å². The zero-order valence-corrected chi connectivity index (χ0v) is 10.0. The first kappa shape index (κ1) is 10.4. The zero-order chi connectivity index (χ0) is 11.7. The summed E-state index contributed by atoms with van der Waals surface area (Å²) in [5.41, 5.74) is 9.59. The second kappa shape index (κ2) is 4.28.